The lowest BCUT2D eigenvalue weighted by Gasteiger charge is -2.31. The van der Waals surface area contributed by atoms with Crippen molar-refractivity contribution in [2.75, 3.05) is 25.0 Å². The summed E-state index contributed by atoms with van der Waals surface area (Å²) in [5, 5.41) is 12.7. The Kier molecular flexibility index (Phi) is 6.24. The zero-order valence-corrected chi connectivity index (χ0v) is 18.1. The molecule has 0 bridgehead atoms. The molecule has 1 aliphatic rings. The Morgan fingerprint density at radius 2 is 1.90 bits per heavy atom. The van der Waals surface area contributed by atoms with E-state index in [1.165, 1.54) is 5.56 Å². The first-order chi connectivity index (χ1) is 15.1. The number of nitriles is 1. The van der Waals surface area contributed by atoms with Crippen molar-refractivity contribution in [3.05, 3.63) is 76.9 Å². The Bertz CT molecular complexity index is 1070. The van der Waals surface area contributed by atoms with Crippen LogP contribution in [0.3, 0.4) is 0 Å². The van der Waals surface area contributed by atoms with Crippen LogP contribution in [0.15, 0.2) is 53.1 Å². The first-order valence-corrected chi connectivity index (χ1v) is 10.8. The van der Waals surface area contributed by atoms with Gasteiger partial charge in [-0.15, -0.1) is 0 Å². The number of anilines is 1. The molecule has 2 aromatic heterocycles. The normalized spacial score (nSPS) is 15.0. The van der Waals surface area contributed by atoms with Crippen LogP contribution in [-0.4, -0.2) is 35.0 Å². The van der Waals surface area contributed by atoms with Gasteiger partial charge in [0.05, 0.1) is 24.9 Å². The SMILES string of the molecule is Cc1c(C#N)c(NC(=O)CN2CCC(c3ccccc3)CC2)n(Cc2ccco2)c1C. The molecule has 1 amide bonds. The third-order valence-electron chi connectivity index (χ3n) is 6.32. The Morgan fingerprint density at radius 3 is 2.55 bits per heavy atom. The molecule has 1 aromatic carbocycles. The third kappa shape index (κ3) is 4.57. The van der Waals surface area contributed by atoms with Gasteiger partial charge in [0, 0.05) is 5.69 Å². The number of carbonyl (C=O) groups excluding carboxylic acids is 1. The number of likely N-dealkylation sites (tertiary alicyclic amines) is 1. The molecule has 0 saturated carbocycles. The van der Waals surface area contributed by atoms with E-state index in [1.54, 1.807) is 6.26 Å². The number of rotatable bonds is 6. The van der Waals surface area contributed by atoms with E-state index in [2.05, 4.69) is 40.6 Å². The Balaban J connectivity index is 1.42. The van der Waals surface area contributed by atoms with Crippen LogP contribution >= 0.6 is 0 Å². The molecule has 3 aromatic rings. The number of benzene rings is 1. The third-order valence-corrected chi connectivity index (χ3v) is 6.32. The zero-order valence-electron chi connectivity index (χ0n) is 18.1. The summed E-state index contributed by atoms with van der Waals surface area (Å²) in [4.78, 5) is 15.1. The molecule has 31 heavy (non-hydrogen) atoms. The molecule has 6 heteroatoms. The van der Waals surface area contributed by atoms with E-state index in [-0.39, 0.29) is 5.91 Å². The maximum Gasteiger partial charge on any atom is 0.239 e. The van der Waals surface area contributed by atoms with Crippen LogP contribution in [0.4, 0.5) is 5.82 Å². The minimum Gasteiger partial charge on any atom is -0.467 e. The first kappa shape index (κ1) is 21.0. The summed E-state index contributed by atoms with van der Waals surface area (Å²) in [6.45, 7) is 6.46. The van der Waals surface area contributed by atoms with Crippen molar-refractivity contribution < 1.29 is 9.21 Å². The summed E-state index contributed by atoms with van der Waals surface area (Å²) in [6, 6.07) is 16.6. The van der Waals surface area contributed by atoms with E-state index in [4.69, 9.17) is 4.42 Å². The summed E-state index contributed by atoms with van der Waals surface area (Å²) in [5.74, 6) is 1.80. The molecule has 1 saturated heterocycles. The fraction of sp³-hybridized carbons (Fsp3) is 0.360. The van der Waals surface area contributed by atoms with Crippen molar-refractivity contribution in [1.29, 1.82) is 5.26 Å². The van der Waals surface area contributed by atoms with E-state index in [0.717, 1.165) is 42.9 Å². The van der Waals surface area contributed by atoms with Gasteiger partial charge in [-0.25, -0.2) is 0 Å². The van der Waals surface area contributed by atoms with Gasteiger partial charge in [0.1, 0.15) is 17.6 Å². The number of nitrogens with zero attached hydrogens (tertiary/aromatic N) is 3. The average Bonchev–Trinajstić information content (AvgIpc) is 3.38. The quantitative estimate of drug-likeness (QED) is 0.645. The van der Waals surface area contributed by atoms with Gasteiger partial charge in [-0.1, -0.05) is 30.3 Å². The van der Waals surface area contributed by atoms with E-state index < -0.39 is 0 Å². The lowest BCUT2D eigenvalue weighted by atomic mass is 9.89. The second kappa shape index (κ2) is 9.23. The molecule has 160 valence electrons. The van der Waals surface area contributed by atoms with E-state index in [9.17, 15) is 10.1 Å². The number of hydrogen-bond acceptors (Lipinski definition) is 4. The number of furan rings is 1. The monoisotopic (exact) mass is 416 g/mol. The summed E-state index contributed by atoms with van der Waals surface area (Å²) in [5.41, 5.74) is 3.73. The van der Waals surface area contributed by atoms with Crippen molar-refractivity contribution in [3.63, 3.8) is 0 Å². The van der Waals surface area contributed by atoms with E-state index in [0.29, 0.717) is 30.4 Å². The van der Waals surface area contributed by atoms with Crippen LogP contribution in [0.5, 0.6) is 0 Å². The van der Waals surface area contributed by atoms with E-state index in [1.807, 2.05) is 36.6 Å². The van der Waals surface area contributed by atoms with Gasteiger partial charge < -0.3 is 14.3 Å². The largest absolute Gasteiger partial charge is 0.467 e. The molecule has 0 atom stereocenters. The highest BCUT2D eigenvalue weighted by molar-refractivity contribution is 5.93. The molecule has 0 spiro atoms. The molecule has 3 heterocycles. The van der Waals surface area contributed by atoms with Crippen molar-refractivity contribution in [3.8, 4) is 6.07 Å². The number of carbonyl (C=O) groups is 1. The van der Waals surface area contributed by atoms with Crippen LogP contribution in [0.1, 0.15) is 46.9 Å². The molecule has 4 rings (SSSR count). The lowest BCUT2D eigenvalue weighted by Crippen LogP contribution is -2.39. The van der Waals surface area contributed by atoms with Crippen molar-refractivity contribution in [2.45, 2.75) is 39.2 Å². The van der Waals surface area contributed by atoms with E-state index >= 15 is 0 Å². The van der Waals surface area contributed by atoms with Crippen LogP contribution < -0.4 is 5.32 Å². The van der Waals surface area contributed by atoms with Gasteiger partial charge >= 0.3 is 0 Å². The molecule has 0 radical (unpaired) electrons. The Labute approximate surface area is 183 Å². The highest BCUT2D eigenvalue weighted by Crippen LogP contribution is 2.29. The maximum atomic E-state index is 12.9. The lowest BCUT2D eigenvalue weighted by molar-refractivity contribution is -0.117. The standard InChI is InChI=1S/C25H28N4O2/c1-18-19(2)29(16-22-9-6-14-31-22)25(23(18)15-26)27-24(30)17-28-12-10-21(11-13-28)20-7-4-3-5-8-20/h3-9,14,21H,10-13,16-17H2,1-2H3,(H,27,30). The molecule has 0 aliphatic carbocycles. The van der Waals surface area contributed by atoms with Crippen LogP contribution in [-0.2, 0) is 11.3 Å². The predicted octanol–water partition coefficient (Wildman–Crippen LogP) is 4.44. The van der Waals surface area contributed by atoms with Gasteiger partial charge in [-0.05, 0) is 69.0 Å². The van der Waals surface area contributed by atoms with Gasteiger partial charge in [0.15, 0.2) is 0 Å². The number of amides is 1. The maximum absolute atomic E-state index is 12.9. The van der Waals surface area contributed by atoms with Gasteiger partial charge in [0.2, 0.25) is 5.91 Å². The minimum absolute atomic E-state index is 0.0899. The Morgan fingerprint density at radius 1 is 1.16 bits per heavy atom. The fourth-order valence-corrected chi connectivity index (χ4v) is 4.41. The number of piperidine rings is 1. The molecular weight excluding hydrogens is 388 g/mol. The summed E-state index contributed by atoms with van der Waals surface area (Å²) < 4.78 is 7.43. The highest BCUT2D eigenvalue weighted by atomic mass is 16.3. The molecule has 1 aliphatic heterocycles. The van der Waals surface area contributed by atoms with Crippen LogP contribution in [0.2, 0.25) is 0 Å². The zero-order chi connectivity index (χ0) is 21.8. The Hall–Kier alpha value is -3.30. The van der Waals surface area contributed by atoms with Crippen LogP contribution in [0.25, 0.3) is 0 Å². The topological polar surface area (TPSA) is 74.2 Å². The molecular formula is C25H28N4O2. The van der Waals surface area contributed by atoms with Crippen LogP contribution in [0, 0.1) is 25.2 Å². The van der Waals surface area contributed by atoms with Gasteiger partial charge in [-0.2, -0.15) is 5.26 Å². The van der Waals surface area contributed by atoms with Crippen molar-refractivity contribution in [2.24, 2.45) is 0 Å². The minimum atomic E-state index is -0.0899. The second-order valence-corrected chi connectivity index (χ2v) is 8.22. The average molecular weight is 417 g/mol. The second-order valence-electron chi connectivity index (χ2n) is 8.22. The number of hydrogen-bond donors (Lipinski definition) is 1. The van der Waals surface area contributed by atoms with Gasteiger partial charge in [0.25, 0.3) is 0 Å². The van der Waals surface area contributed by atoms with Crippen molar-refractivity contribution >= 4 is 11.7 Å². The first-order valence-electron chi connectivity index (χ1n) is 10.8. The predicted molar refractivity (Wildman–Crippen MR) is 120 cm³/mol. The molecule has 0 unspecified atom stereocenters. The summed E-state index contributed by atoms with van der Waals surface area (Å²) in [7, 11) is 0. The smallest absolute Gasteiger partial charge is 0.239 e. The fourth-order valence-electron chi connectivity index (χ4n) is 4.41. The summed E-state index contributed by atoms with van der Waals surface area (Å²) >= 11 is 0. The molecule has 6 nitrogen and oxygen atoms in total. The summed E-state index contributed by atoms with van der Waals surface area (Å²) in [6.07, 6.45) is 3.73. The number of aromatic nitrogens is 1. The molecule has 1 N–H and O–H groups in total. The molecule has 1 fully saturated rings. The highest BCUT2D eigenvalue weighted by Gasteiger charge is 2.24. The number of nitrogens with one attached hydrogen (secondary N) is 1. The van der Waals surface area contributed by atoms with Crippen molar-refractivity contribution in [1.82, 2.24) is 9.47 Å². The van der Waals surface area contributed by atoms with Gasteiger partial charge in [-0.3, -0.25) is 9.69 Å².